The molecule has 2 N–H and O–H groups in total. The number of rotatable bonds is 3. The Bertz CT molecular complexity index is 372. The summed E-state index contributed by atoms with van der Waals surface area (Å²) in [5.74, 6) is 0. The lowest BCUT2D eigenvalue weighted by atomic mass is 10.4. The van der Waals surface area contributed by atoms with Gasteiger partial charge in [-0.25, -0.2) is 8.99 Å². The van der Waals surface area contributed by atoms with E-state index >= 15 is 0 Å². The lowest BCUT2D eigenvalue weighted by molar-refractivity contribution is 0.268. The SMILES string of the molecule is CCn1nc(S(C)(=N)=O)cc1CO. The van der Waals surface area contributed by atoms with Crippen LogP contribution in [0.15, 0.2) is 11.1 Å². The van der Waals surface area contributed by atoms with E-state index in [1.165, 1.54) is 12.3 Å². The lowest BCUT2D eigenvalue weighted by Crippen LogP contribution is -2.03. The van der Waals surface area contributed by atoms with Crippen LogP contribution in [0.25, 0.3) is 0 Å². The van der Waals surface area contributed by atoms with Crippen LogP contribution in [0.1, 0.15) is 12.6 Å². The quantitative estimate of drug-likeness (QED) is 0.747. The minimum atomic E-state index is -2.77. The van der Waals surface area contributed by atoms with Crippen molar-refractivity contribution in [3.63, 3.8) is 0 Å². The normalized spacial score (nSPS) is 15.6. The number of nitrogens with zero attached hydrogens (tertiary/aromatic N) is 2. The lowest BCUT2D eigenvalue weighted by Gasteiger charge is -1.98. The fraction of sp³-hybridized carbons (Fsp3) is 0.571. The highest BCUT2D eigenvalue weighted by molar-refractivity contribution is 7.91. The highest BCUT2D eigenvalue weighted by Crippen LogP contribution is 2.10. The molecule has 0 radical (unpaired) electrons. The molecule has 6 heteroatoms. The molecule has 0 bridgehead atoms. The van der Waals surface area contributed by atoms with E-state index in [1.54, 1.807) is 4.68 Å². The van der Waals surface area contributed by atoms with E-state index in [1.807, 2.05) is 6.92 Å². The van der Waals surface area contributed by atoms with E-state index in [2.05, 4.69) is 5.10 Å². The van der Waals surface area contributed by atoms with Crippen molar-refractivity contribution in [1.29, 1.82) is 4.78 Å². The van der Waals surface area contributed by atoms with Gasteiger partial charge in [-0.2, -0.15) is 5.10 Å². The molecule has 0 aliphatic heterocycles. The average molecular weight is 203 g/mol. The Morgan fingerprint density at radius 3 is 2.69 bits per heavy atom. The number of aryl methyl sites for hydroxylation is 1. The highest BCUT2D eigenvalue weighted by Gasteiger charge is 2.11. The molecule has 1 heterocycles. The Labute approximate surface area is 77.4 Å². The molecule has 1 aromatic heterocycles. The maximum Gasteiger partial charge on any atom is 0.157 e. The summed E-state index contributed by atoms with van der Waals surface area (Å²) in [5.41, 5.74) is 0.597. The highest BCUT2D eigenvalue weighted by atomic mass is 32.2. The van der Waals surface area contributed by atoms with Gasteiger partial charge in [-0.05, 0) is 13.0 Å². The van der Waals surface area contributed by atoms with Crippen molar-refractivity contribution < 1.29 is 9.32 Å². The Hall–Kier alpha value is -0.880. The Kier molecular flexibility index (Phi) is 2.72. The van der Waals surface area contributed by atoms with Crippen molar-refractivity contribution in [2.75, 3.05) is 6.26 Å². The summed E-state index contributed by atoms with van der Waals surface area (Å²) in [5, 5.41) is 13.1. The molecule has 1 aromatic rings. The molecule has 0 fully saturated rings. The number of hydrogen-bond donors (Lipinski definition) is 2. The van der Waals surface area contributed by atoms with Gasteiger partial charge in [0.25, 0.3) is 0 Å². The van der Waals surface area contributed by atoms with E-state index < -0.39 is 9.73 Å². The predicted octanol–water partition coefficient (Wildman–Crippen LogP) is 0.431. The molecule has 0 saturated heterocycles. The van der Waals surface area contributed by atoms with Crippen LogP contribution in [-0.4, -0.2) is 25.4 Å². The zero-order valence-corrected chi connectivity index (χ0v) is 8.47. The van der Waals surface area contributed by atoms with Gasteiger partial charge in [0.2, 0.25) is 0 Å². The molecule has 0 aromatic carbocycles. The van der Waals surface area contributed by atoms with Crippen LogP contribution in [0.4, 0.5) is 0 Å². The zero-order chi connectivity index (χ0) is 10.1. The first-order valence-corrected chi connectivity index (χ1v) is 5.87. The first-order valence-electron chi connectivity index (χ1n) is 3.90. The number of nitrogens with one attached hydrogen (secondary N) is 1. The second-order valence-electron chi connectivity index (χ2n) is 2.79. The third kappa shape index (κ3) is 2.07. The van der Waals surface area contributed by atoms with E-state index in [-0.39, 0.29) is 11.6 Å². The van der Waals surface area contributed by atoms with Gasteiger partial charge in [-0.3, -0.25) is 4.68 Å². The van der Waals surface area contributed by atoms with Gasteiger partial charge >= 0.3 is 0 Å². The maximum atomic E-state index is 11.3. The van der Waals surface area contributed by atoms with E-state index in [0.717, 1.165) is 0 Å². The van der Waals surface area contributed by atoms with Crippen LogP contribution in [0.5, 0.6) is 0 Å². The van der Waals surface area contributed by atoms with E-state index in [4.69, 9.17) is 9.89 Å². The molecule has 13 heavy (non-hydrogen) atoms. The summed E-state index contributed by atoms with van der Waals surface area (Å²) in [4.78, 5) is 0. The van der Waals surface area contributed by atoms with Crippen molar-refractivity contribution in [3.8, 4) is 0 Å². The molecule has 74 valence electrons. The summed E-state index contributed by atoms with van der Waals surface area (Å²) in [7, 11) is -2.77. The Morgan fingerprint density at radius 1 is 1.77 bits per heavy atom. The second-order valence-corrected chi connectivity index (χ2v) is 4.90. The molecule has 5 nitrogen and oxygen atoms in total. The fourth-order valence-corrected chi connectivity index (χ4v) is 1.64. The van der Waals surface area contributed by atoms with Crippen molar-refractivity contribution in [2.24, 2.45) is 0 Å². The third-order valence-corrected chi connectivity index (χ3v) is 2.70. The van der Waals surface area contributed by atoms with E-state index in [0.29, 0.717) is 12.2 Å². The molecule has 0 spiro atoms. The number of aliphatic hydroxyl groups excluding tert-OH is 1. The summed E-state index contributed by atoms with van der Waals surface area (Å²) in [6, 6.07) is 1.51. The number of aromatic nitrogens is 2. The average Bonchev–Trinajstić information content (AvgIpc) is 2.45. The monoisotopic (exact) mass is 203 g/mol. The first-order chi connectivity index (χ1) is 5.99. The third-order valence-electron chi connectivity index (χ3n) is 1.70. The molecule has 1 rings (SSSR count). The smallest absolute Gasteiger partial charge is 0.157 e. The van der Waals surface area contributed by atoms with Crippen molar-refractivity contribution >= 4 is 9.73 Å². The minimum Gasteiger partial charge on any atom is -0.390 e. The zero-order valence-electron chi connectivity index (χ0n) is 7.65. The largest absolute Gasteiger partial charge is 0.390 e. The molecule has 0 amide bonds. The molecule has 1 atom stereocenters. The van der Waals surface area contributed by atoms with Crippen LogP contribution in [0.2, 0.25) is 0 Å². The number of aliphatic hydroxyl groups is 1. The van der Waals surface area contributed by atoms with Crippen LogP contribution < -0.4 is 0 Å². The van der Waals surface area contributed by atoms with Gasteiger partial charge in [0, 0.05) is 12.8 Å². The fourth-order valence-electron chi connectivity index (χ4n) is 1.02. The molecule has 1 unspecified atom stereocenters. The Morgan fingerprint density at radius 2 is 2.38 bits per heavy atom. The molecular weight excluding hydrogens is 190 g/mol. The Balaban J connectivity index is 3.22. The summed E-state index contributed by atoms with van der Waals surface area (Å²) in [6.45, 7) is 2.33. The maximum absolute atomic E-state index is 11.3. The molecule has 0 aliphatic carbocycles. The van der Waals surface area contributed by atoms with Gasteiger partial charge < -0.3 is 5.11 Å². The topological polar surface area (TPSA) is 79.0 Å². The van der Waals surface area contributed by atoms with Crippen LogP contribution >= 0.6 is 0 Å². The molecular formula is C7H13N3O2S. The summed E-state index contributed by atoms with van der Waals surface area (Å²) < 4.78 is 20.1. The molecule has 0 aliphatic rings. The van der Waals surface area contributed by atoms with Gasteiger partial charge in [-0.1, -0.05) is 0 Å². The minimum absolute atomic E-state index is 0.143. The van der Waals surface area contributed by atoms with E-state index in [9.17, 15) is 4.21 Å². The van der Waals surface area contributed by atoms with Crippen molar-refractivity contribution in [2.45, 2.75) is 25.1 Å². The first kappa shape index (κ1) is 10.2. The summed E-state index contributed by atoms with van der Waals surface area (Å²) in [6.07, 6.45) is 1.32. The predicted molar refractivity (Wildman–Crippen MR) is 48.9 cm³/mol. The number of hydrogen-bond acceptors (Lipinski definition) is 4. The van der Waals surface area contributed by atoms with Gasteiger partial charge in [-0.15, -0.1) is 0 Å². The summed E-state index contributed by atoms with van der Waals surface area (Å²) >= 11 is 0. The standard InChI is InChI=1S/C7H13N3O2S/c1-3-10-6(5-11)4-7(9-10)13(2,8)12/h4,8,11H,3,5H2,1-2H3. The van der Waals surface area contributed by atoms with Gasteiger partial charge in [0.15, 0.2) is 5.03 Å². The van der Waals surface area contributed by atoms with Crippen LogP contribution in [0, 0.1) is 4.78 Å². The second kappa shape index (κ2) is 3.47. The van der Waals surface area contributed by atoms with Gasteiger partial charge in [0.05, 0.1) is 22.0 Å². The van der Waals surface area contributed by atoms with Crippen molar-refractivity contribution in [1.82, 2.24) is 9.78 Å². The van der Waals surface area contributed by atoms with Crippen LogP contribution in [0.3, 0.4) is 0 Å². The van der Waals surface area contributed by atoms with Crippen molar-refractivity contribution in [3.05, 3.63) is 11.8 Å². The van der Waals surface area contributed by atoms with Crippen LogP contribution in [-0.2, 0) is 22.9 Å². The molecule has 0 saturated carbocycles. The van der Waals surface area contributed by atoms with Gasteiger partial charge in [0.1, 0.15) is 0 Å².